The topological polar surface area (TPSA) is 0 Å². The standard InChI is InChI=1S/C43H24Br2/c44-25-17-19-34-29-11-3-4-12-30(29)35-20-18-26(45)22-41(35)43(40(34)21-25)39-16-8-7-15-33(39)38-23-36-31-13-5-1-9-27(31)28-10-2-6-14-32(28)37(36)24-42(38)43/h1-24H. The first-order chi connectivity index (χ1) is 22.1. The Morgan fingerprint density at radius 2 is 0.689 bits per heavy atom. The van der Waals surface area contributed by atoms with E-state index >= 15 is 0 Å². The van der Waals surface area contributed by atoms with Gasteiger partial charge in [0.25, 0.3) is 0 Å². The van der Waals surface area contributed by atoms with Gasteiger partial charge < -0.3 is 0 Å². The second-order valence-electron chi connectivity index (χ2n) is 12.3. The maximum Gasteiger partial charge on any atom is 0.0726 e. The van der Waals surface area contributed by atoms with Crippen LogP contribution in [0.15, 0.2) is 155 Å². The molecule has 2 aliphatic carbocycles. The highest BCUT2D eigenvalue weighted by Gasteiger charge is 2.50. The molecule has 0 nitrogen and oxygen atoms in total. The Bertz CT molecular complexity index is 2500. The van der Waals surface area contributed by atoms with Gasteiger partial charge >= 0.3 is 0 Å². The zero-order chi connectivity index (χ0) is 29.9. The molecular weight excluding hydrogens is 676 g/mol. The molecule has 2 aliphatic rings. The van der Waals surface area contributed by atoms with Crippen LogP contribution in [-0.2, 0) is 5.41 Å². The van der Waals surface area contributed by atoms with E-state index in [1.165, 1.54) is 88.0 Å². The Morgan fingerprint density at radius 1 is 0.289 bits per heavy atom. The molecule has 8 aromatic carbocycles. The number of fused-ring (bicyclic) bond motifs is 18. The minimum absolute atomic E-state index is 0.538. The molecule has 0 bridgehead atoms. The summed E-state index contributed by atoms with van der Waals surface area (Å²) < 4.78 is 2.17. The third kappa shape index (κ3) is 3.31. The summed E-state index contributed by atoms with van der Waals surface area (Å²) in [4.78, 5) is 0. The van der Waals surface area contributed by atoms with E-state index < -0.39 is 5.41 Å². The Morgan fingerprint density at radius 3 is 1.24 bits per heavy atom. The van der Waals surface area contributed by atoms with Crippen molar-refractivity contribution in [2.24, 2.45) is 0 Å². The van der Waals surface area contributed by atoms with E-state index in [4.69, 9.17) is 0 Å². The van der Waals surface area contributed by atoms with E-state index in [0.29, 0.717) is 0 Å². The number of benzene rings is 8. The molecule has 45 heavy (non-hydrogen) atoms. The van der Waals surface area contributed by atoms with Crippen molar-refractivity contribution in [3.05, 3.63) is 177 Å². The lowest BCUT2D eigenvalue weighted by molar-refractivity contribution is 0.775. The summed E-state index contributed by atoms with van der Waals surface area (Å²) in [6, 6.07) is 54.6. The molecule has 210 valence electrons. The maximum atomic E-state index is 3.91. The summed E-state index contributed by atoms with van der Waals surface area (Å²) in [6.45, 7) is 0. The highest BCUT2D eigenvalue weighted by molar-refractivity contribution is 9.10. The molecule has 0 N–H and O–H groups in total. The smallest absolute Gasteiger partial charge is 0.0619 e. The van der Waals surface area contributed by atoms with Crippen molar-refractivity contribution in [2.45, 2.75) is 5.41 Å². The van der Waals surface area contributed by atoms with Gasteiger partial charge in [-0.2, -0.15) is 0 Å². The average molecular weight is 700 g/mol. The van der Waals surface area contributed by atoms with Crippen LogP contribution in [0.5, 0.6) is 0 Å². The Labute approximate surface area is 278 Å². The minimum atomic E-state index is -0.538. The monoisotopic (exact) mass is 698 g/mol. The zero-order valence-electron chi connectivity index (χ0n) is 24.1. The molecule has 0 aliphatic heterocycles. The van der Waals surface area contributed by atoms with Crippen LogP contribution in [0.1, 0.15) is 22.3 Å². The van der Waals surface area contributed by atoms with Crippen LogP contribution in [0, 0.1) is 0 Å². The third-order valence-electron chi connectivity index (χ3n) is 10.2. The summed E-state index contributed by atoms with van der Waals surface area (Å²) in [6.07, 6.45) is 0. The molecule has 8 aromatic rings. The molecule has 0 heterocycles. The number of halogens is 2. The Balaban J connectivity index is 1.48. The highest BCUT2D eigenvalue weighted by atomic mass is 79.9. The van der Waals surface area contributed by atoms with E-state index in [0.717, 1.165) is 8.95 Å². The van der Waals surface area contributed by atoms with Crippen molar-refractivity contribution in [2.75, 3.05) is 0 Å². The number of hydrogen-bond donors (Lipinski definition) is 0. The van der Waals surface area contributed by atoms with Crippen LogP contribution in [0.2, 0.25) is 0 Å². The predicted molar refractivity (Wildman–Crippen MR) is 196 cm³/mol. The molecule has 0 fully saturated rings. The van der Waals surface area contributed by atoms with Crippen molar-refractivity contribution in [1.82, 2.24) is 0 Å². The fourth-order valence-corrected chi connectivity index (χ4v) is 9.20. The molecule has 0 atom stereocenters. The molecular formula is C43H24Br2. The van der Waals surface area contributed by atoms with Gasteiger partial charge in [0.1, 0.15) is 0 Å². The summed E-state index contributed by atoms with van der Waals surface area (Å²) >= 11 is 7.82. The van der Waals surface area contributed by atoms with Gasteiger partial charge in [0.2, 0.25) is 0 Å². The quantitative estimate of drug-likeness (QED) is 0.138. The van der Waals surface area contributed by atoms with Crippen molar-refractivity contribution >= 4 is 64.2 Å². The number of rotatable bonds is 0. The van der Waals surface area contributed by atoms with Crippen LogP contribution in [0.3, 0.4) is 0 Å². The molecule has 1 spiro atoms. The van der Waals surface area contributed by atoms with Crippen molar-refractivity contribution < 1.29 is 0 Å². The van der Waals surface area contributed by atoms with Crippen LogP contribution in [0.25, 0.3) is 65.7 Å². The van der Waals surface area contributed by atoms with E-state index in [1.807, 2.05) is 0 Å². The van der Waals surface area contributed by atoms with Crippen LogP contribution < -0.4 is 0 Å². The molecule has 10 rings (SSSR count). The van der Waals surface area contributed by atoms with Gasteiger partial charge in [-0.3, -0.25) is 0 Å². The molecule has 0 saturated heterocycles. The zero-order valence-corrected chi connectivity index (χ0v) is 27.3. The molecule has 0 amide bonds. The second kappa shape index (κ2) is 9.26. The van der Waals surface area contributed by atoms with E-state index in [2.05, 4.69) is 177 Å². The largest absolute Gasteiger partial charge is 0.0726 e. The Kier molecular flexibility index (Phi) is 5.31. The van der Waals surface area contributed by atoms with Gasteiger partial charge in [-0.15, -0.1) is 0 Å². The van der Waals surface area contributed by atoms with Gasteiger partial charge in [0.15, 0.2) is 0 Å². The average Bonchev–Trinajstić information content (AvgIpc) is 3.32. The summed E-state index contributed by atoms with van der Waals surface area (Å²) in [5, 5.41) is 7.79. The van der Waals surface area contributed by atoms with Gasteiger partial charge in [-0.05, 0) is 124 Å². The van der Waals surface area contributed by atoms with E-state index in [-0.39, 0.29) is 0 Å². The van der Waals surface area contributed by atoms with E-state index in [9.17, 15) is 0 Å². The lowest BCUT2D eigenvalue weighted by Gasteiger charge is -2.36. The maximum absolute atomic E-state index is 3.91. The van der Waals surface area contributed by atoms with Gasteiger partial charge in [-0.1, -0.05) is 141 Å². The first-order valence-corrected chi connectivity index (χ1v) is 16.9. The van der Waals surface area contributed by atoms with Crippen molar-refractivity contribution in [3.63, 3.8) is 0 Å². The highest BCUT2D eigenvalue weighted by Crippen LogP contribution is 2.62. The fourth-order valence-electron chi connectivity index (χ4n) is 8.48. The van der Waals surface area contributed by atoms with Gasteiger partial charge in [0.05, 0.1) is 5.41 Å². The SMILES string of the molecule is Brc1ccc2c(c1)C1(c3cc(Br)ccc3-c3ccccc3-2)c2ccccc2-c2cc3c4ccccc4c4ccccc4c3cc21. The second-order valence-corrected chi connectivity index (χ2v) is 14.1. The van der Waals surface area contributed by atoms with Gasteiger partial charge in [-0.25, -0.2) is 0 Å². The van der Waals surface area contributed by atoms with Gasteiger partial charge in [0, 0.05) is 8.95 Å². The third-order valence-corrected chi connectivity index (χ3v) is 11.2. The summed E-state index contributed by atoms with van der Waals surface area (Å²) in [5.74, 6) is 0. The van der Waals surface area contributed by atoms with Crippen LogP contribution in [0.4, 0.5) is 0 Å². The fraction of sp³-hybridized carbons (Fsp3) is 0.0233. The lowest BCUT2D eigenvalue weighted by Crippen LogP contribution is -2.29. The first kappa shape index (κ1) is 25.8. The summed E-state index contributed by atoms with van der Waals surface area (Å²) in [7, 11) is 0. The lowest BCUT2D eigenvalue weighted by atomic mass is 9.65. The first-order valence-electron chi connectivity index (χ1n) is 15.3. The Hall–Kier alpha value is -4.50. The van der Waals surface area contributed by atoms with E-state index in [1.54, 1.807) is 0 Å². The van der Waals surface area contributed by atoms with Crippen molar-refractivity contribution in [3.8, 4) is 33.4 Å². The molecule has 2 heteroatoms. The summed E-state index contributed by atoms with van der Waals surface area (Å²) in [5.41, 5.74) is 12.4. The predicted octanol–water partition coefficient (Wildman–Crippen LogP) is 12.7. The molecule has 0 unspecified atom stereocenters. The van der Waals surface area contributed by atoms with Crippen molar-refractivity contribution in [1.29, 1.82) is 0 Å². The van der Waals surface area contributed by atoms with Crippen LogP contribution >= 0.6 is 31.9 Å². The minimum Gasteiger partial charge on any atom is -0.0619 e. The molecule has 0 saturated carbocycles. The number of hydrogen-bond acceptors (Lipinski definition) is 0. The molecule has 0 aromatic heterocycles. The van der Waals surface area contributed by atoms with Crippen LogP contribution in [-0.4, -0.2) is 0 Å². The molecule has 0 radical (unpaired) electrons. The normalized spacial score (nSPS) is 13.7.